The molecule has 0 fully saturated rings. The summed E-state index contributed by atoms with van der Waals surface area (Å²) in [6, 6.07) is 6.00. The molecule has 4 nitrogen and oxygen atoms in total. The van der Waals surface area contributed by atoms with Gasteiger partial charge in [-0.05, 0) is 58.0 Å². The third kappa shape index (κ3) is 3.97. The minimum atomic E-state index is -0.742. The van der Waals surface area contributed by atoms with Gasteiger partial charge >= 0.3 is 5.97 Å². The Morgan fingerprint density at radius 1 is 1.35 bits per heavy atom. The van der Waals surface area contributed by atoms with E-state index in [1.165, 1.54) is 18.2 Å². The van der Waals surface area contributed by atoms with Gasteiger partial charge in [0.05, 0.1) is 13.2 Å². The summed E-state index contributed by atoms with van der Waals surface area (Å²) < 4.78 is 10.7. The molecular formula is C16H25NO3. The van der Waals surface area contributed by atoms with Gasteiger partial charge in [-0.3, -0.25) is 4.79 Å². The van der Waals surface area contributed by atoms with Crippen LogP contribution in [0.1, 0.15) is 31.4 Å². The number of esters is 1. The van der Waals surface area contributed by atoms with Gasteiger partial charge < -0.3 is 14.8 Å². The van der Waals surface area contributed by atoms with Crippen LogP contribution in [0.4, 0.5) is 0 Å². The van der Waals surface area contributed by atoms with Gasteiger partial charge in [0.25, 0.3) is 0 Å². The smallest absolute Gasteiger partial charge is 0.325 e. The minimum absolute atomic E-state index is 0.103. The molecular weight excluding hydrogens is 254 g/mol. The molecule has 0 radical (unpaired) electrons. The van der Waals surface area contributed by atoms with E-state index in [2.05, 4.69) is 19.2 Å². The molecule has 0 bridgehead atoms. The first-order valence-corrected chi connectivity index (χ1v) is 6.83. The van der Waals surface area contributed by atoms with E-state index in [9.17, 15) is 4.79 Å². The second kappa shape index (κ2) is 6.75. The van der Waals surface area contributed by atoms with E-state index in [0.717, 1.165) is 5.75 Å². The Bertz CT molecular complexity index is 473. The average Bonchev–Trinajstić information content (AvgIpc) is 2.41. The van der Waals surface area contributed by atoms with Crippen LogP contribution in [-0.4, -0.2) is 31.8 Å². The fourth-order valence-corrected chi connectivity index (χ4v) is 2.15. The quantitative estimate of drug-likeness (QED) is 0.813. The molecule has 1 N–H and O–H groups in total. The third-order valence-corrected chi connectivity index (χ3v) is 3.70. The monoisotopic (exact) mass is 279 g/mol. The lowest BCUT2D eigenvalue weighted by atomic mass is 9.95. The number of ether oxygens (including phenoxy) is 2. The molecule has 1 aromatic rings. The molecule has 2 atom stereocenters. The third-order valence-electron chi connectivity index (χ3n) is 3.70. The van der Waals surface area contributed by atoms with Gasteiger partial charge in [0.1, 0.15) is 11.3 Å². The molecule has 2 unspecified atom stereocenters. The summed E-state index contributed by atoms with van der Waals surface area (Å²) in [6.07, 6.45) is 0.428. The second-order valence-corrected chi connectivity index (χ2v) is 5.45. The number of rotatable bonds is 6. The summed E-state index contributed by atoms with van der Waals surface area (Å²) in [5.41, 5.74) is 1.69. The molecule has 0 aliphatic heterocycles. The lowest BCUT2D eigenvalue weighted by Crippen LogP contribution is -2.50. The van der Waals surface area contributed by atoms with Crippen LogP contribution in [-0.2, 0) is 9.53 Å². The Balaban J connectivity index is 2.73. The summed E-state index contributed by atoms with van der Waals surface area (Å²) in [5, 5.41) is 3.01. The fraction of sp³-hybridized carbons (Fsp3) is 0.562. The predicted molar refractivity (Wildman–Crippen MR) is 80.1 cm³/mol. The maximum Gasteiger partial charge on any atom is 0.325 e. The van der Waals surface area contributed by atoms with E-state index in [0.29, 0.717) is 6.42 Å². The van der Waals surface area contributed by atoms with Crippen molar-refractivity contribution >= 4 is 5.97 Å². The zero-order chi connectivity index (χ0) is 15.3. The summed E-state index contributed by atoms with van der Waals surface area (Å²) in [4.78, 5) is 11.8. The summed E-state index contributed by atoms with van der Waals surface area (Å²) in [6.45, 7) is 7.89. The van der Waals surface area contributed by atoms with Gasteiger partial charge in [0, 0.05) is 6.42 Å². The molecule has 0 amide bonds. The van der Waals surface area contributed by atoms with E-state index in [1.807, 2.05) is 32.0 Å². The fourth-order valence-electron chi connectivity index (χ4n) is 2.15. The van der Waals surface area contributed by atoms with Crippen LogP contribution in [0.2, 0.25) is 0 Å². The maximum absolute atomic E-state index is 11.8. The van der Waals surface area contributed by atoms with Crippen LogP contribution in [0.15, 0.2) is 18.2 Å². The minimum Gasteiger partial charge on any atom is -0.491 e. The SMILES string of the molecule is CNC(C)(CC(C)Oc1ccc(C)c(C)c1)C(=O)OC. The van der Waals surface area contributed by atoms with E-state index in [-0.39, 0.29) is 12.1 Å². The molecule has 20 heavy (non-hydrogen) atoms. The Hall–Kier alpha value is -1.55. The van der Waals surface area contributed by atoms with Gasteiger partial charge in [-0.2, -0.15) is 0 Å². The highest BCUT2D eigenvalue weighted by molar-refractivity contribution is 5.80. The maximum atomic E-state index is 11.8. The van der Waals surface area contributed by atoms with Crippen molar-refractivity contribution in [1.29, 1.82) is 0 Å². The summed E-state index contributed by atoms with van der Waals surface area (Å²) >= 11 is 0. The molecule has 0 saturated carbocycles. The van der Waals surface area contributed by atoms with Crippen molar-refractivity contribution in [2.24, 2.45) is 0 Å². The second-order valence-electron chi connectivity index (χ2n) is 5.45. The average molecular weight is 279 g/mol. The first-order valence-electron chi connectivity index (χ1n) is 6.83. The van der Waals surface area contributed by atoms with E-state index in [4.69, 9.17) is 9.47 Å². The van der Waals surface area contributed by atoms with Crippen molar-refractivity contribution in [2.45, 2.75) is 45.8 Å². The molecule has 0 aromatic heterocycles. The number of nitrogens with one attached hydrogen (secondary N) is 1. The van der Waals surface area contributed by atoms with Crippen molar-refractivity contribution in [1.82, 2.24) is 5.32 Å². The van der Waals surface area contributed by atoms with Crippen LogP contribution < -0.4 is 10.1 Å². The van der Waals surface area contributed by atoms with Crippen molar-refractivity contribution in [3.05, 3.63) is 29.3 Å². The van der Waals surface area contributed by atoms with E-state index >= 15 is 0 Å². The number of hydrogen-bond donors (Lipinski definition) is 1. The lowest BCUT2D eigenvalue weighted by molar-refractivity contribution is -0.148. The Morgan fingerprint density at radius 3 is 2.50 bits per heavy atom. The molecule has 1 aromatic carbocycles. The normalized spacial score (nSPS) is 15.3. The van der Waals surface area contributed by atoms with E-state index in [1.54, 1.807) is 7.05 Å². The van der Waals surface area contributed by atoms with Crippen LogP contribution in [0.5, 0.6) is 5.75 Å². The number of likely N-dealkylation sites (N-methyl/N-ethyl adjacent to an activating group) is 1. The highest BCUT2D eigenvalue weighted by Gasteiger charge is 2.34. The molecule has 0 saturated heterocycles. The summed E-state index contributed by atoms with van der Waals surface area (Å²) in [5.74, 6) is 0.541. The highest BCUT2D eigenvalue weighted by atomic mass is 16.5. The van der Waals surface area contributed by atoms with Gasteiger partial charge in [-0.25, -0.2) is 0 Å². The number of hydrogen-bond acceptors (Lipinski definition) is 4. The van der Waals surface area contributed by atoms with E-state index < -0.39 is 5.54 Å². The topological polar surface area (TPSA) is 47.6 Å². The molecule has 112 valence electrons. The number of methoxy groups -OCH3 is 1. The Labute approximate surface area is 121 Å². The first-order chi connectivity index (χ1) is 9.32. The number of benzene rings is 1. The van der Waals surface area contributed by atoms with Crippen LogP contribution in [0.3, 0.4) is 0 Å². The van der Waals surface area contributed by atoms with Crippen molar-refractivity contribution in [3.63, 3.8) is 0 Å². The molecule has 4 heteroatoms. The number of aryl methyl sites for hydroxylation is 2. The lowest BCUT2D eigenvalue weighted by Gasteiger charge is -2.29. The summed E-state index contributed by atoms with van der Waals surface area (Å²) in [7, 11) is 3.15. The van der Waals surface area contributed by atoms with Gasteiger partial charge in [0.2, 0.25) is 0 Å². The molecule has 1 rings (SSSR count). The largest absolute Gasteiger partial charge is 0.491 e. The Kier molecular flexibility index (Phi) is 5.57. The van der Waals surface area contributed by atoms with Gasteiger partial charge in [-0.1, -0.05) is 6.07 Å². The van der Waals surface area contributed by atoms with Gasteiger partial charge in [-0.15, -0.1) is 0 Å². The predicted octanol–water partition coefficient (Wildman–Crippen LogP) is 2.61. The van der Waals surface area contributed by atoms with Crippen LogP contribution >= 0.6 is 0 Å². The van der Waals surface area contributed by atoms with Crippen LogP contribution in [0.25, 0.3) is 0 Å². The molecule has 0 spiro atoms. The van der Waals surface area contributed by atoms with Crippen molar-refractivity contribution < 1.29 is 14.3 Å². The highest BCUT2D eigenvalue weighted by Crippen LogP contribution is 2.21. The molecule has 0 aliphatic rings. The molecule has 0 aliphatic carbocycles. The van der Waals surface area contributed by atoms with Gasteiger partial charge in [0.15, 0.2) is 0 Å². The number of carbonyl (C=O) groups is 1. The zero-order valence-corrected chi connectivity index (χ0v) is 13.2. The Morgan fingerprint density at radius 2 is 2.00 bits per heavy atom. The first kappa shape index (κ1) is 16.5. The van der Waals surface area contributed by atoms with Crippen LogP contribution in [0, 0.1) is 13.8 Å². The standard InChI is InChI=1S/C16H25NO3/c1-11-7-8-14(9-12(11)2)20-13(3)10-16(4,17-5)15(18)19-6/h7-9,13,17H,10H2,1-6H3. The number of carbonyl (C=O) groups excluding carboxylic acids is 1. The molecule has 0 heterocycles. The van der Waals surface area contributed by atoms with Crippen molar-refractivity contribution in [2.75, 3.05) is 14.2 Å². The zero-order valence-electron chi connectivity index (χ0n) is 13.2. The van der Waals surface area contributed by atoms with Crippen molar-refractivity contribution in [3.8, 4) is 5.75 Å².